The lowest BCUT2D eigenvalue weighted by Crippen LogP contribution is -2.51. The Morgan fingerprint density at radius 1 is 1.50 bits per heavy atom. The fourth-order valence-corrected chi connectivity index (χ4v) is 2.55. The third kappa shape index (κ3) is 2.63. The molecule has 1 aromatic carbocycles. The van der Waals surface area contributed by atoms with Crippen molar-refractivity contribution < 1.29 is 9.72 Å². The van der Waals surface area contributed by atoms with Gasteiger partial charge in [-0.1, -0.05) is 0 Å². The zero-order valence-electron chi connectivity index (χ0n) is 9.90. The molecule has 0 aliphatic heterocycles. The van der Waals surface area contributed by atoms with Crippen LogP contribution in [0.2, 0.25) is 0 Å². The minimum absolute atomic E-state index is 0.0562. The number of nitrogens with zero attached hydrogens (tertiary/aromatic N) is 1. The molecule has 0 radical (unpaired) electrons. The maximum atomic E-state index is 12.1. The van der Waals surface area contributed by atoms with Crippen molar-refractivity contribution in [3.05, 3.63) is 37.4 Å². The fourth-order valence-electron chi connectivity index (χ4n) is 1.97. The number of carbonyl (C=O) groups excluding carboxylic acids is 1. The van der Waals surface area contributed by atoms with Crippen LogP contribution in [0, 0.1) is 13.7 Å². The number of amides is 1. The zero-order chi connectivity index (χ0) is 13.3. The van der Waals surface area contributed by atoms with Crippen LogP contribution in [0.1, 0.15) is 36.5 Å². The smallest absolute Gasteiger partial charge is 0.270 e. The van der Waals surface area contributed by atoms with Crippen molar-refractivity contribution in [1.29, 1.82) is 0 Å². The molecule has 0 spiro atoms. The second kappa shape index (κ2) is 4.83. The van der Waals surface area contributed by atoms with Gasteiger partial charge in [0.1, 0.15) is 0 Å². The Hall–Kier alpha value is -1.18. The van der Waals surface area contributed by atoms with Crippen LogP contribution in [-0.4, -0.2) is 16.4 Å². The largest absolute Gasteiger partial charge is 0.347 e. The van der Waals surface area contributed by atoms with Crippen LogP contribution in [0.4, 0.5) is 5.69 Å². The van der Waals surface area contributed by atoms with Gasteiger partial charge in [-0.3, -0.25) is 14.9 Å². The number of non-ortho nitro benzene ring substituents is 1. The lowest BCUT2D eigenvalue weighted by Gasteiger charge is -2.39. The van der Waals surface area contributed by atoms with Crippen LogP contribution >= 0.6 is 22.6 Å². The van der Waals surface area contributed by atoms with Gasteiger partial charge < -0.3 is 5.32 Å². The van der Waals surface area contributed by atoms with E-state index in [-0.39, 0.29) is 17.1 Å². The predicted octanol–water partition coefficient (Wildman–Crippen LogP) is 2.87. The van der Waals surface area contributed by atoms with Crippen molar-refractivity contribution in [2.45, 2.75) is 31.7 Å². The summed E-state index contributed by atoms with van der Waals surface area (Å²) in [7, 11) is 0. The summed E-state index contributed by atoms with van der Waals surface area (Å²) in [5.74, 6) is -0.231. The number of rotatable bonds is 3. The topological polar surface area (TPSA) is 72.2 Å². The second-order valence-corrected chi connectivity index (χ2v) is 5.95. The number of nitrogens with one attached hydrogen (secondary N) is 1. The van der Waals surface area contributed by atoms with E-state index in [9.17, 15) is 14.9 Å². The van der Waals surface area contributed by atoms with Crippen molar-refractivity contribution in [3.8, 4) is 0 Å². The SMILES string of the molecule is CC1(NC(=O)c2cc([N+](=O)[O-])ccc2I)CCC1. The van der Waals surface area contributed by atoms with Gasteiger partial charge in [-0.05, 0) is 54.8 Å². The highest BCUT2D eigenvalue weighted by molar-refractivity contribution is 14.1. The van der Waals surface area contributed by atoms with E-state index in [4.69, 9.17) is 0 Å². The third-order valence-corrected chi connectivity index (χ3v) is 4.22. The van der Waals surface area contributed by atoms with Crippen molar-refractivity contribution in [2.75, 3.05) is 0 Å². The minimum Gasteiger partial charge on any atom is -0.347 e. The first-order valence-electron chi connectivity index (χ1n) is 5.68. The molecule has 1 aliphatic rings. The number of hydrogen-bond donors (Lipinski definition) is 1. The van der Waals surface area contributed by atoms with Gasteiger partial charge in [-0.25, -0.2) is 0 Å². The van der Waals surface area contributed by atoms with E-state index in [1.54, 1.807) is 6.07 Å². The lowest BCUT2D eigenvalue weighted by molar-refractivity contribution is -0.384. The van der Waals surface area contributed by atoms with E-state index in [0.717, 1.165) is 22.8 Å². The van der Waals surface area contributed by atoms with Crippen molar-refractivity contribution in [3.63, 3.8) is 0 Å². The number of halogens is 1. The second-order valence-electron chi connectivity index (χ2n) is 4.79. The van der Waals surface area contributed by atoms with E-state index in [0.29, 0.717) is 5.56 Å². The summed E-state index contributed by atoms with van der Waals surface area (Å²) in [6.45, 7) is 2.00. The molecule has 0 bridgehead atoms. The Balaban J connectivity index is 2.23. The van der Waals surface area contributed by atoms with Gasteiger partial charge in [-0.2, -0.15) is 0 Å². The standard InChI is InChI=1S/C12H13IN2O3/c1-12(5-2-6-12)14-11(16)9-7-8(15(17)18)3-4-10(9)13/h3-4,7H,2,5-6H2,1H3,(H,14,16). The Kier molecular flexibility index (Phi) is 3.56. The molecule has 1 aromatic rings. The molecule has 96 valence electrons. The van der Waals surface area contributed by atoms with Crippen molar-refractivity contribution in [1.82, 2.24) is 5.32 Å². The van der Waals surface area contributed by atoms with E-state index < -0.39 is 4.92 Å². The molecule has 0 heterocycles. The van der Waals surface area contributed by atoms with E-state index in [2.05, 4.69) is 5.32 Å². The fraction of sp³-hybridized carbons (Fsp3) is 0.417. The Morgan fingerprint density at radius 2 is 2.17 bits per heavy atom. The van der Waals surface area contributed by atoms with Crippen LogP contribution in [0.25, 0.3) is 0 Å². The molecule has 0 aromatic heterocycles. The van der Waals surface area contributed by atoms with Gasteiger partial charge in [0.25, 0.3) is 11.6 Å². The normalized spacial score (nSPS) is 16.8. The van der Waals surface area contributed by atoms with Crippen LogP contribution in [0.3, 0.4) is 0 Å². The number of carbonyl (C=O) groups is 1. The van der Waals surface area contributed by atoms with Gasteiger partial charge in [0.05, 0.1) is 10.5 Å². The average Bonchev–Trinajstić information content (AvgIpc) is 2.27. The number of benzene rings is 1. The predicted molar refractivity (Wildman–Crippen MR) is 75.5 cm³/mol. The maximum absolute atomic E-state index is 12.1. The molecule has 0 unspecified atom stereocenters. The van der Waals surface area contributed by atoms with Gasteiger partial charge in [0.15, 0.2) is 0 Å². The summed E-state index contributed by atoms with van der Waals surface area (Å²) < 4.78 is 0.721. The first-order valence-corrected chi connectivity index (χ1v) is 6.76. The molecule has 5 nitrogen and oxygen atoms in total. The van der Waals surface area contributed by atoms with E-state index >= 15 is 0 Å². The van der Waals surface area contributed by atoms with E-state index in [1.807, 2.05) is 29.5 Å². The minimum atomic E-state index is -0.488. The summed E-state index contributed by atoms with van der Waals surface area (Å²) in [4.78, 5) is 22.3. The summed E-state index contributed by atoms with van der Waals surface area (Å²) in [5.41, 5.74) is 0.169. The first kappa shape index (κ1) is 13.3. The summed E-state index contributed by atoms with van der Waals surface area (Å²) >= 11 is 2.01. The first-order chi connectivity index (χ1) is 8.41. The molecule has 0 saturated heterocycles. The van der Waals surface area contributed by atoms with Gasteiger partial charge in [0.2, 0.25) is 0 Å². The lowest BCUT2D eigenvalue weighted by atomic mass is 9.78. The molecule has 18 heavy (non-hydrogen) atoms. The summed E-state index contributed by atoms with van der Waals surface area (Å²) in [5, 5.41) is 13.7. The zero-order valence-corrected chi connectivity index (χ0v) is 12.1. The molecule has 1 saturated carbocycles. The molecule has 1 fully saturated rings. The highest BCUT2D eigenvalue weighted by atomic mass is 127. The van der Waals surface area contributed by atoms with Crippen LogP contribution < -0.4 is 5.32 Å². The number of hydrogen-bond acceptors (Lipinski definition) is 3. The Morgan fingerprint density at radius 3 is 2.67 bits per heavy atom. The average molecular weight is 360 g/mol. The van der Waals surface area contributed by atoms with Crippen molar-refractivity contribution >= 4 is 34.2 Å². The van der Waals surface area contributed by atoms with E-state index in [1.165, 1.54) is 12.1 Å². The highest BCUT2D eigenvalue weighted by Crippen LogP contribution is 2.31. The third-order valence-electron chi connectivity index (χ3n) is 3.28. The molecular weight excluding hydrogens is 347 g/mol. The molecule has 1 N–H and O–H groups in total. The molecule has 6 heteroatoms. The summed E-state index contributed by atoms with van der Waals surface area (Å²) in [6, 6.07) is 4.33. The number of nitro benzene ring substituents is 1. The molecule has 1 aliphatic carbocycles. The van der Waals surface area contributed by atoms with Crippen LogP contribution in [-0.2, 0) is 0 Å². The number of nitro groups is 1. The maximum Gasteiger partial charge on any atom is 0.270 e. The Labute approximate surface area is 118 Å². The van der Waals surface area contributed by atoms with Gasteiger partial charge in [0, 0.05) is 21.2 Å². The summed E-state index contributed by atoms with van der Waals surface area (Å²) in [6.07, 6.45) is 3.04. The monoisotopic (exact) mass is 360 g/mol. The van der Waals surface area contributed by atoms with Gasteiger partial charge in [-0.15, -0.1) is 0 Å². The highest BCUT2D eigenvalue weighted by Gasteiger charge is 2.33. The quantitative estimate of drug-likeness (QED) is 0.512. The van der Waals surface area contributed by atoms with Crippen LogP contribution in [0.5, 0.6) is 0 Å². The van der Waals surface area contributed by atoms with Gasteiger partial charge >= 0.3 is 0 Å². The van der Waals surface area contributed by atoms with Crippen LogP contribution in [0.15, 0.2) is 18.2 Å². The molecule has 1 amide bonds. The molecular formula is C12H13IN2O3. The Bertz CT molecular complexity index is 512. The molecule has 0 atom stereocenters. The molecule has 2 rings (SSSR count). The van der Waals surface area contributed by atoms with Crippen molar-refractivity contribution in [2.24, 2.45) is 0 Å².